The molecule has 0 spiro atoms. The van der Waals surface area contributed by atoms with E-state index in [9.17, 15) is 19.5 Å². The van der Waals surface area contributed by atoms with Crippen LogP contribution in [0.3, 0.4) is 0 Å². The van der Waals surface area contributed by atoms with Crippen molar-refractivity contribution in [3.8, 4) is 11.1 Å². The number of likely N-dealkylation sites (tertiary alicyclic amines) is 1. The Morgan fingerprint density at radius 3 is 2.26 bits per heavy atom. The van der Waals surface area contributed by atoms with E-state index >= 15 is 0 Å². The van der Waals surface area contributed by atoms with E-state index in [0.29, 0.717) is 18.7 Å². The molecule has 1 aromatic heterocycles. The van der Waals surface area contributed by atoms with Gasteiger partial charge in [-0.15, -0.1) is 0 Å². The van der Waals surface area contributed by atoms with Crippen LogP contribution in [0.1, 0.15) is 73.3 Å². The number of aryl methyl sites for hydroxylation is 1. The van der Waals surface area contributed by atoms with Crippen LogP contribution < -0.4 is 0 Å². The Morgan fingerprint density at radius 2 is 1.67 bits per heavy atom. The predicted octanol–water partition coefficient (Wildman–Crippen LogP) is 5.66. The normalized spacial score (nSPS) is 16.8. The van der Waals surface area contributed by atoms with Gasteiger partial charge in [-0.3, -0.25) is 9.58 Å². The molecule has 1 unspecified atom stereocenters. The van der Waals surface area contributed by atoms with Gasteiger partial charge in [-0.1, -0.05) is 48.5 Å². The number of hydrogen-bond donors (Lipinski definition) is 1. The number of nitrogens with zero attached hydrogens (tertiary/aromatic N) is 4. The summed E-state index contributed by atoms with van der Waals surface area (Å²) in [6, 6.07) is 17.4. The minimum atomic E-state index is -1.14. The van der Waals surface area contributed by atoms with Crippen LogP contribution >= 0.6 is 0 Å². The van der Waals surface area contributed by atoms with E-state index in [1.165, 1.54) is 10.7 Å². The van der Waals surface area contributed by atoms with Gasteiger partial charge in [0.2, 0.25) is 0 Å². The highest BCUT2D eigenvalue weighted by molar-refractivity contribution is 5.85. The highest BCUT2D eigenvalue weighted by Crippen LogP contribution is 2.44. The molecule has 10 heteroatoms. The first kappa shape index (κ1) is 29.2. The summed E-state index contributed by atoms with van der Waals surface area (Å²) in [6.07, 6.45) is 1.31. The lowest BCUT2D eigenvalue weighted by Gasteiger charge is -2.34. The number of rotatable bonds is 6. The molecule has 1 atom stereocenters. The largest absolute Gasteiger partial charge is 0.476 e. The summed E-state index contributed by atoms with van der Waals surface area (Å²) in [5, 5.41) is 13.5. The van der Waals surface area contributed by atoms with Crippen molar-refractivity contribution in [3.63, 3.8) is 0 Å². The van der Waals surface area contributed by atoms with E-state index in [1.54, 1.807) is 16.8 Å². The number of carbonyl (C=O) groups excluding carboxylic acids is 2. The van der Waals surface area contributed by atoms with Gasteiger partial charge in [-0.2, -0.15) is 5.10 Å². The van der Waals surface area contributed by atoms with Crippen LogP contribution in [0.25, 0.3) is 11.1 Å². The van der Waals surface area contributed by atoms with Gasteiger partial charge >= 0.3 is 18.2 Å². The molecule has 2 aliphatic rings. The molecular formula is C32H38N4O6. The third-order valence-electron chi connectivity index (χ3n) is 7.84. The molecule has 5 rings (SSSR count). The van der Waals surface area contributed by atoms with E-state index in [4.69, 9.17) is 9.47 Å². The Morgan fingerprint density at radius 1 is 1.02 bits per heavy atom. The van der Waals surface area contributed by atoms with Crippen molar-refractivity contribution in [1.29, 1.82) is 0 Å². The zero-order valence-electron chi connectivity index (χ0n) is 24.6. The summed E-state index contributed by atoms with van der Waals surface area (Å²) < 4.78 is 13.2. The van der Waals surface area contributed by atoms with Gasteiger partial charge in [0.15, 0.2) is 5.69 Å². The maximum absolute atomic E-state index is 13.9. The number of fused-ring (bicyclic) bond motifs is 3. The molecule has 2 aromatic carbocycles. The molecule has 0 saturated carbocycles. The zero-order chi connectivity index (χ0) is 30.0. The van der Waals surface area contributed by atoms with Gasteiger partial charge < -0.3 is 19.5 Å². The van der Waals surface area contributed by atoms with Crippen LogP contribution in [0.4, 0.5) is 9.59 Å². The third-order valence-corrected chi connectivity index (χ3v) is 7.84. The van der Waals surface area contributed by atoms with Crippen molar-refractivity contribution in [3.05, 3.63) is 77.1 Å². The topological polar surface area (TPSA) is 114 Å². The Hall–Kier alpha value is -4.34. The van der Waals surface area contributed by atoms with Crippen LogP contribution in [-0.2, 0) is 23.1 Å². The smallest absolute Gasteiger partial charge is 0.410 e. The quantitative estimate of drug-likeness (QED) is 0.404. The fourth-order valence-corrected chi connectivity index (χ4v) is 5.82. The van der Waals surface area contributed by atoms with Gasteiger partial charge in [0.05, 0.1) is 18.3 Å². The number of aromatic carboxylic acids is 1. The number of hydrogen-bond acceptors (Lipinski definition) is 6. The van der Waals surface area contributed by atoms with Crippen molar-refractivity contribution >= 4 is 18.2 Å². The fourth-order valence-electron chi connectivity index (χ4n) is 5.82. The summed E-state index contributed by atoms with van der Waals surface area (Å²) in [7, 11) is 1.65. The SMILES string of the molecule is Cn1nc(C(=O)O)cc1CN(C(=O)OCC1c2ccccc2-c2ccccc21)C1CCCCN(C(=O)OC(C)(C)C)C1. The minimum Gasteiger partial charge on any atom is -0.476 e. The number of benzene rings is 2. The Labute approximate surface area is 245 Å². The number of aromatic nitrogens is 2. The van der Waals surface area contributed by atoms with Crippen LogP contribution in [-0.4, -0.2) is 74.2 Å². The lowest BCUT2D eigenvalue weighted by atomic mass is 9.98. The zero-order valence-corrected chi connectivity index (χ0v) is 24.6. The molecule has 3 aromatic rings. The standard InChI is InChI=1S/C32H38N4O6/c1-32(2,3)42-30(39)35-16-10-9-11-21(18-35)36(19-22-17-28(29(37)38)33-34(22)4)31(40)41-20-27-25-14-7-5-12-23(25)24-13-6-8-15-26(24)27/h5-8,12-15,17,21,27H,9-11,16,18-20H2,1-4H3,(H,37,38). The fraction of sp³-hybridized carbons (Fsp3) is 0.438. The van der Waals surface area contributed by atoms with E-state index in [0.717, 1.165) is 35.1 Å². The van der Waals surface area contributed by atoms with Gasteiger partial charge in [0.25, 0.3) is 0 Å². The second kappa shape index (κ2) is 11.9. The maximum atomic E-state index is 13.9. The second-order valence-corrected chi connectivity index (χ2v) is 12.0. The van der Waals surface area contributed by atoms with Gasteiger partial charge in [-0.25, -0.2) is 14.4 Å². The van der Waals surface area contributed by atoms with E-state index in [2.05, 4.69) is 29.4 Å². The van der Waals surface area contributed by atoms with Crippen LogP contribution in [0.15, 0.2) is 54.6 Å². The summed E-state index contributed by atoms with van der Waals surface area (Å²) in [5.74, 6) is -1.25. The van der Waals surface area contributed by atoms with Gasteiger partial charge in [-0.05, 0) is 68.4 Å². The van der Waals surface area contributed by atoms with E-state index < -0.39 is 23.8 Å². The predicted molar refractivity (Wildman–Crippen MR) is 156 cm³/mol. The van der Waals surface area contributed by atoms with Gasteiger partial charge in [0, 0.05) is 26.1 Å². The van der Waals surface area contributed by atoms with Gasteiger partial charge in [0.1, 0.15) is 12.2 Å². The molecular weight excluding hydrogens is 536 g/mol. The van der Waals surface area contributed by atoms with Crippen molar-refractivity contribution in [2.24, 2.45) is 7.05 Å². The number of carbonyl (C=O) groups is 3. The molecule has 1 saturated heterocycles. The highest BCUT2D eigenvalue weighted by atomic mass is 16.6. The van der Waals surface area contributed by atoms with Crippen LogP contribution in [0.2, 0.25) is 0 Å². The summed E-state index contributed by atoms with van der Waals surface area (Å²) in [4.78, 5) is 41.8. The van der Waals surface area contributed by atoms with Crippen molar-refractivity contribution in [2.75, 3.05) is 19.7 Å². The minimum absolute atomic E-state index is 0.0836. The highest BCUT2D eigenvalue weighted by Gasteiger charge is 2.35. The summed E-state index contributed by atoms with van der Waals surface area (Å²) in [6.45, 7) is 6.52. The number of carboxylic acids is 1. The second-order valence-electron chi connectivity index (χ2n) is 12.0. The molecule has 1 aliphatic heterocycles. The lowest BCUT2D eigenvalue weighted by molar-refractivity contribution is 0.0186. The number of carboxylic acid groups (broad SMARTS) is 1. The average molecular weight is 575 g/mol. The molecule has 42 heavy (non-hydrogen) atoms. The number of amides is 2. The van der Waals surface area contributed by atoms with Crippen molar-refractivity contribution in [1.82, 2.24) is 19.6 Å². The Balaban J connectivity index is 1.40. The molecule has 1 aliphatic carbocycles. The van der Waals surface area contributed by atoms with E-state index in [-0.39, 0.29) is 37.4 Å². The molecule has 222 valence electrons. The third kappa shape index (κ3) is 6.27. The average Bonchev–Trinajstić information content (AvgIpc) is 3.35. The molecule has 10 nitrogen and oxygen atoms in total. The molecule has 1 N–H and O–H groups in total. The monoisotopic (exact) mass is 574 g/mol. The summed E-state index contributed by atoms with van der Waals surface area (Å²) >= 11 is 0. The molecule has 0 radical (unpaired) electrons. The first-order valence-electron chi connectivity index (χ1n) is 14.4. The van der Waals surface area contributed by atoms with Crippen molar-refractivity contribution in [2.45, 2.75) is 64.1 Å². The number of ether oxygens (including phenoxy) is 2. The molecule has 0 bridgehead atoms. The summed E-state index contributed by atoms with van der Waals surface area (Å²) in [5.41, 5.74) is 4.30. The van der Waals surface area contributed by atoms with Crippen molar-refractivity contribution < 1.29 is 29.0 Å². The first-order valence-corrected chi connectivity index (χ1v) is 14.4. The van der Waals surface area contributed by atoms with Crippen LogP contribution in [0.5, 0.6) is 0 Å². The Kier molecular flexibility index (Phi) is 8.24. The first-order chi connectivity index (χ1) is 20.0. The molecule has 2 amide bonds. The Bertz CT molecular complexity index is 1430. The maximum Gasteiger partial charge on any atom is 0.410 e. The van der Waals surface area contributed by atoms with E-state index in [1.807, 2.05) is 45.0 Å². The van der Waals surface area contributed by atoms with Crippen LogP contribution in [0, 0.1) is 0 Å². The molecule has 1 fully saturated rings. The molecule has 2 heterocycles. The lowest BCUT2D eigenvalue weighted by Crippen LogP contribution is -2.48.